The molecule has 0 nitrogen and oxygen atoms in total. The molecule has 83 valence electrons. The van der Waals surface area contributed by atoms with Crippen LogP contribution in [0.3, 0.4) is 0 Å². The summed E-state index contributed by atoms with van der Waals surface area (Å²) in [7, 11) is 0. The molecule has 0 unspecified atom stereocenters. The zero-order valence-corrected chi connectivity index (χ0v) is 10.1. The summed E-state index contributed by atoms with van der Waals surface area (Å²) in [6.45, 7) is 4.75. The van der Waals surface area contributed by atoms with Crippen molar-refractivity contribution in [3.8, 4) is 0 Å². The fraction of sp³-hybridized carbons (Fsp3) is 0.929. The molecule has 0 heteroatoms. The normalized spacial score (nSPS) is 24.4. The third-order valence-electron chi connectivity index (χ3n) is 3.69. The molecule has 14 heavy (non-hydrogen) atoms. The van der Waals surface area contributed by atoms with Crippen LogP contribution in [0.1, 0.15) is 78.1 Å². The highest BCUT2D eigenvalue weighted by Crippen LogP contribution is 2.35. The first-order valence-corrected chi connectivity index (χ1v) is 6.61. The summed E-state index contributed by atoms with van der Waals surface area (Å²) >= 11 is 0. The van der Waals surface area contributed by atoms with Gasteiger partial charge in [0.1, 0.15) is 0 Å². The molecule has 0 N–H and O–H groups in total. The first-order chi connectivity index (χ1) is 6.77. The Hall–Kier alpha value is 0. The highest BCUT2D eigenvalue weighted by molar-refractivity contribution is 4.87. The molecule has 0 aromatic rings. The van der Waals surface area contributed by atoms with E-state index in [1.165, 1.54) is 64.2 Å². The van der Waals surface area contributed by atoms with Crippen molar-refractivity contribution < 1.29 is 0 Å². The van der Waals surface area contributed by atoms with Gasteiger partial charge in [-0.2, -0.15) is 0 Å². The largest absolute Gasteiger partial charge is 0.0651 e. The van der Waals surface area contributed by atoms with E-state index in [9.17, 15) is 0 Å². The summed E-state index contributed by atoms with van der Waals surface area (Å²) in [6.07, 6.45) is 16.9. The summed E-state index contributed by atoms with van der Waals surface area (Å²) < 4.78 is 0. The number of rotatable bonds is 2. The first-order valence-electron chi connectivity index (χ1n) is 6.61. The molecule has 0 bridgehead atoms. The van der Waals surface area contributed by atoms with Crippen molar-refractivity contribution in [3.05, 3.63) is 6.42 Å². The minimum Gasteiger partial charge on any atom is -0.0651 e. The van der Waals surface area contributed by atoms with Crippen molar-refractivity contribution in [3.63, 3.8) is 0 Å². The Kier molecular flexibility index (Phi) is 5.59. The fourth-order valence-electron chi connectivity index (χ4n) is 2.76. The quantitative estimate of drug-likeness (QED) is 0.573. The highest BCUT2D eigenvalue weighted by Gasteiger charge is 2.22. The van der Waals surface area contributed by atoms with E-state index in [4.69, 9.17) is 0 Å². The van der Waals surface area contributed by atoms with E-state index in [1.807, 2.05) is 0 Å². The maximum absolute atomic E-state index is 2.56. The van der Waals surface area contributed by atoms with Gasteiger partial charge in [0.25, 0.3) is 0 Å². The van der Waals surface area contributed by atoms with Gasteiger partial charge >= 0.3 is 0 Å². The van der Waals surface area contributed by atoms with Crippen LogP contribution >= 0.6 is 0 Å². The Bertz CT molecular complexity index is 127. The summed E-state index contributed by atoms with van der Waals surface area (Å²) in [4.78, 5) is 0. The van der Waals surface area contributed by atoms with E-state index in [2.05, 4.69) is 20.3 Å². The van der Waals surface area contributed by atoms with Crippen molar-refractivity contribution >= 4 is 0 Å². The van der Waals surface area contributed by atoms with Gasteiger partial charge in [-0.1, -0.05) is 65.2 Å². The molecule has 1 radical (unpaired) electrons. The molecular weight excluding hydrogens is 168 g/mol. The predicted octanol–water partition coefficient (Wildman–Crippen LogP) is 5.13. The lowest BCUT2D eigenvalue weighted by molar-refractivity contribution is 0.287. The molecule has 0 heterocycles. The van der Waals surface area contributed by atoms with Crippen LogP contribution in [-0.2, 0) is 0 Å². The van der Waals surface area contributed by atoms with Crippen LogP contribution in [0.5, 0.6) is 0 Å². The number of hydrogen-bond acceptors (Lipinski definition) is 0. The predicted molar refractivity (Wildman–Crippen MR) is 64.3 cm³/mol. The van der Waals surface area contributed by atoms with Crippen LogP contribution in [0.2, 0.25) is 0 Å². The Labute approximate surface area is 90.5 Å². The van der Waals surface area contributed by atoms with E-state index in [1.54, 1.807) is 0 Å². The second kappa shape index (κ2) is 6.48. The van der Waals surface area contributed by atoms with Crippen LogP contribution in [0.25, 0.3) is 0 Å². The van der Waals surface area contributed by atoms with Crippen molar-refractivity contribution in [2.75, 3.05) is 0 Å². The molecule has 0 aliphatic heterocycles. The van der Waals surface area contributed by atoms with Gasteiger partial charge in [0.05, 0.1) is 0 Å². The Morgan fingerprint density at radius 3 is 1.71 bits per heavy atom. The third-order valence-corrected chi connectivity index (χ3v) is 3.69. The molecule has 0 saturated heterocycles. The van der Waals surface area contributed by atoms with Crippen LogP contribution < -0.4 is 0 Å². The van der Waals surface area contributed by atoms with Gasteiger partial charge in [0.15, 0.2) is 0 Å². The Balaban J connectivity index is 2.36. The van der Waals surface area contributed by atoms with Crippen molar-refractivity contribution in [1.82, 2.24) is 0 Å². The lowest BCUT2D eigenvalue weighted by Gasteiger charge is -2.30. The topological polar surface area (TPSA) is 0 Å². The third kappa shape index (κ3) is 4.48. The standard InChI is InChI=1S/C14H27/c1-3-11-14(2)12-9-7-5-4-6-8-10-13-14/h11H,3-10,12-13H2,1-2H3. The first kappa shape index (κ1) is 12.1. The lowest BCUT2D eigenvalue weighted by Crippen LogP contribution is -2.17. The van der Waals surface area contributed by atoms with Gasteiger partial charge in [-0.15, -0.1) is 0 Å². The zero-order valence-electron chi connectivity index (χ0n) is 10.1. The van der Waals surface area contributed by atoms with E-state index in [0.717, 1.165) is 0 Å². The van der Waals surface area contributed by atoms with Crippen LogP contribution in [0.15, 0.2) is 0 Å². The van der Waals surface area contributed by atoms with E-state index < -0.39 is 0 Å². The molecular formula is C14H27. The van der Waals surface area contributed by atoms with Gasteiger partial charge < -0.3 is 0 Å². The molecule has 0 atom stereocenters. The SMILES string of the molecule is CC[CH]C1(C)CCCCCCCCC1. The van der Waals surface area contributed by atoms with Gasteiger partial charge in [0.2, 0.25) is 0 Å². The minimum atomic E-state index is 0.562. The minimum absolute atomic E-state index is 0.562. The van der Waals surface area contributed by atoms with Crippen LogP contribution in [0, 0.1) is 11.8 Å². The number of hydrogen-bond donors (Lipinski definition) is 0. The zero-order chi connectivity index (χ0) is 10.3. The molecule has 1 fully saturated rings. The van der Waals surface area contributed by atoms with Crippen LogP contribution in [0.4, 0.5) is 0 Å². The van der Waals surface area contributed by atoms with Gasteiger partial charge in [-0.3, -0.25) is 0 Å². The highest BCUT2D eigenvalue weighted by atomic mass is 14.3. The summed E-state index contributed by atoms with van der Waals surface area (Å²) in [5.74, 6) is 0. The fourth-order valence-corrected chi connectivity index (χ4v) is 2.76. The molecule has 0 aromatic heterocycles. The van der Waals surface area contributed by atoms with Crippen LogP contribution in [-0.4, -0.2) is 0 Å². The monoisotopic (exact) mass is 195 g/mol. The molecule has 1 saturated carbocycles. The molecule has 0 spiro atoms. The van der Waals surface area contributed by atoms with E-state index in [0.29, 0.717) is 5.41 Å². The molecule has 1 rings (SSSR count). The molecule has 0 amide bonds. The average molecular weight is 195 g/mol. The smallest absolute Gasteiger partial charge is 0.0295 e. The maximum atomic E-state index is 2.56. The summed E-state index contributed by atoms with van der Waals surface area (Å²) in [5, 5.41) is 0. The van der Waals surface area contributed by atoms with Gasteiger partial charge in [0, 0.05) is 0 Å². The van der Waals surface area contributed by atoms with Crippen molar-refractivity contribution in [2.45, 2.75) is 78.1 Å². The second-order valence-electron chi connectivity index (χ2n) is 5.24. The lowest BCUT2D eigenvalue weighted by atomic mass is 9.76. The van der Waals surface area contributed by atoms with Crippen molar-refractivity contribution in [1.29, 1.82) is 0 Å². The Morgan fingerprint density at radius 2 is 1.29 bits per heavy atom. The summed E-state index contributed by atoms with van der Waals surface area (Å²) in [5.41, 5.74) is 0.562. The maximum Gasteiger partial charge on any atom is -0.0295 e. The molecule has 0 aromatic carbocycles. The summed E-state index contributed by atoms with van der Waals surface area (Å²) in [6, 6.07) is 0. The van der Waals surface area contributed by atoms with Gasteiger partial charge in [-0.25, -0.2) is 0 Å². The molecule has 1 aliphatic carbocycles. The van der Waals surface area contributed by atoms with E-state index in [-0.39, 0.29) is 0 Å². The average Bonchev–Trinajstić information content (AvgIpc) is 2.16. The van der Waals surface area contributed by atoms with Gasteiger partial charge in [-0.05, 0) is 24.7 Å². The van der Waals surface area contributed by atoms with Crippen molar-refractivity contribution in [2.24, 2.45) is 5.41 Å². The Morgan fingerprint density at radius 1 is 0.857 bits per heavy atom. The van der Waals surface area contributed by atoms with E-state index >= 15 is 0 Å². The molecule has 1 aliphatic rings. The second-order valence-corrected chi connectivity index (χ2v) is 5.24.